The number of nitrogens with zero attached hydrogens (tertiary/aromatic N) is 5. The summed E-state index contributed by atoms with van der Waals surface area (Å²) in [6, 6.07) is 0. The van der Waals surface area contributed by atoms with Crippen LogP contribution in [0.3, 0.4) is 0 Å². The van der Waals surface area contributed by atoms with E-state index in [2.05, 4.69) is 32.3 Å². The number of amides is 1. The summed E-state index contributed by atoms with van der Waals surface area (Å²) in [4.78, 5) is 12.0. The van der Waals surface area contributed by atoms with Gasteiger partial charge in [0.1, 0.15) is 10.8 Å². The van der Waals surface area contributed by atoms with Gasteiger partial charge >= 0.3 is 0 Å². The Bertz CT molecular complexity index is 651. The number of thioether (sulfide) groups is 1. The average molecular weight is 338 g/mol. The quantitative estimate of drug-likeness (QED) is 0.586. The SMILES string of the molecule is C=CCn1c(CC)nnc1SCC(=O)Nc1nnc(CC)s1. The molecule has 0 bridgehead atoms. The highest BCUT2D eigenvalue weighted by molar-refractivity contribution is 7.99. The lowest BCUT2D eigenvalue weighted by atomic mass is 10.4. The van der Waals surface area contributed by atoms with Gasteiger partial charge in [-0.25, -0.2) is 0 Å². The summed E-state index contributed by atoms with van der Waals surface area (Å²) >= 11 is 2.74. The monoisotopic (exact) mass is 338 g/mol. The number of anilines is 1. The molecule has 0 saturated carbocycles. The van der Waals surface area contributed by atoms with E-state index in [0.29, 0.717) is 11.7 Å². The normalized spacial score (nSPS) is 10.6. The molecule has 0 aromatic carbocycles. The van der Waals surface area contributed by atoms with Gasteiger partial charge in [0.2, 0.25) is 11.0 Å². The molecular weight excluding hydrogens is 320 g/mol. The van der Waals surface area contributed by atoms with E-state index >= 15 is 0 Å². The molecule has 0 radical (unpaired) electrons. The first-order valence-corrected chi connectivity index (χ1v) is 8.76. The molecule has 1 N–H and O–H groups in total. The van der Waals surface area contributed by atoms with Crippen LogP contribution in [0.5, 0.6) is 0 Å². The van der Waals surface area contributed by atoms with Crippen LogP contribution in [0.15, 0.2) is 17.8 Å². The van der Waals surface area contributed by atoms with Crippen molar-refractivity contribution in [1.29, 1.82) is 0 Å². The predicted octanol–water partition coefficient (Wildman–Crippen LogP) is 2.17. The van der Waals surface area contributed by atoms with Crippen molar-refractivity contribution in [3.8, 4) is 0 Å². The van der Waals surface area contributed by atoms with Gasteiger partial charge in [-0.1, -0.05) is 43.0 Å². The fourth-order valence-electron chi connectivity index (χ4n) is 1.73. The van der Waals surface area contributed by atoms with Crippen LogP contribution in [0.25, 0.3) is 0 Å². The minimum absolute atomic E-state index is 0.130. The smallest absolute Gasteiger partial charge is 0.236 e. The third-order valence-electron chi connectivity index (χ3n) is 2.77. The molecule has 0 spiro atoms. The molecule has 7 nitrogen and oxygen atoms in total. The number of allylic oxidation sites excluding steroid dienone is 1. The Morgan fingerprint density at radius 1 is 1.32 bits per heavy atom. The van der Waals surface area contributed by atoms with E-state index in [0.717, 1.165) is 28.8 Å². The molecule has 0 unspecified atom stereocenters. The molecule has 0 fully saturated rings. The maximum Gasteiger partial charge on any atom is 0.236 e. The van der Waals surface area contributed by atoms with Gasteiger partial charge in [0.05, 0.1) is 5.75 Å². The molecule has 0 aliphatic heterocycles. The summed E-state index contributed by atoms with van der Waals surface area (Å²) in [5.41, 5.74) is 0. The Labute approximate surface area is 137 Å². The lowest BCUT2D eigenvalue weighted by Gasteiger charge is -2.05. The summed E-state index contributed by atoms with van der Waals surface area (Å²) in [6.45, 7) is 8.39. The zero-order valence-electron chi connectivity index (χ0n) is 12.6. The molecule has 2 heterocycles. The number of carbonyl (C=O) groups is 1. The van der Waals surface area contributed by atoms with Crippen LogP contribution < -0.4 is 5.32 Å². The number of aromatic nitrogens is 5. The largest absolute Gasteiger partial charge is 0.302 e. The standard InChI is InChI=1S/C13H18N6OS2/c1-4-7-19-9(5-2)15-18-13(19)21-8-10(20)14-12-17-16-11(6-3)22-12/h4H,1,5-8H2,2-3H3,(H,14,17,20). The maximum absolute atomic E-state index is 12.0. The third kappa shape index (κ3) is 4.14. The highest BCUT2D eigenvalue weighted by Crippen LogP contribution is 2.19. The average Bonchev–Trinajstić information content (AvgIpc) is 3.12. The van der Waals surface area contributed by atoms with Crippen molar-refractivity contribution in [3.05, 3.63) is 23.5 Å². The fraction of sp³-hybridized carbons (Fsp3) is 0.462. The second-order valence-electron chi connectivity index (χ2n) is 4.34. The Kier molecular flexibility index (Phi) is 6.08. The summed E-state index contributed by atoms with van der Waals surface area (Å²) in [7, 11) is 0. The number of hydrogen-bond donors (Lipinski definition) is 1. The maximum atomic E-state index is 12.0. The molecule has 2 aromatic heterocycles. The number of rotatable bonds is 8. The molecule has 2 aromatic rings. The zero-order chi connectivity index (χ0) is 15.9. The van der Waals surface area contributed by atoms with Crippen molar-refractivity contribution >= 4 is 34.1 Å². The van der Waals surface area contributed by atoms with Crippen LogP contribution in [-0.2, 0) is 24.2 Å². The van der Waals surface area contributed by atoms with Crippen molar-refractivity contribution in [2.45, 2.75) is 38.4 Å². The minimum atomic E-state index is -0.130. The van der Waals surface area contributed by atoms with Gasteiger partial charge < -0.3 is 4.57 Å². The van der Waals surface area contributed by atoms with Gasteiger partial charge in [0.25, 0.3) is 0 Å². The molecule has 0 aliphatic carbocycles. The highest BCUT2D eigenvalue weighted by Gasteiger charge is 2.13. The van der Waals surface area contributed by atoms with Crippen molar-refractivity contribution in [2.24, 2.45) is 0 Å². The Morgan fingerprint density at radius 3 is 2.77 bits per heavy atom. The van der Waals surface area contributed by atoms with Crippen molar-refractivity contribution in [2.75, 3.05) is 11.1 Å². The van der Waals surface area contributed by atoms with Gasteiger partial charge in [-0.05, 0) is 6.42 Å². The van der Waals surface area contributed by atoms with Crippen LogP contribution in [0, 0.1) is 0 Å². The van der Waals surface area contributed by atoms with E-state index < -0.39 is 0 Å². The first kappa shape index (κ1) is 16.6. The van der Waals surface area contributed by atoms with Crippen molar-refractivity contribution < 1.29 is 4.79 Å². The lowest BCUT2D eigenvalue weighted by Crippen LogP contribution is -2.14. The molecule has 0 aliphatic rings. The Morgan fingerprint density at radius 2 is 2.14 bits per heavy atom. The Balaban J connectivity index is 1.93. The van der Waals surface area contributed by atoms with Gasteiger partial charge in [-0.2, -0.15) is 0 Å². The van der Waals surface area contributed by atoms with Gasteiger partial charge in [0, 0.05) is 13.0 Å². The molecule has 118 valence electrons. The van der Waals surface area contributed by atoms with E-state index in [1.807, 2.05) is 18.4 Å². The van der Waals surface area contributed by atoms with E-state index in [-0.39, 0.29) is 11.7 Å². The zero-order valence-corrected chi connectivity index (χ0v) is 14.2. The number of aryl methyl sites for hydroxylation is 2. The first-order chi connectivity index (χ1) is 10.7. The molecule has 22 heavy (non-hydrogen) atoms. The molecule has 9 heteroatoms. The first-order valence-electron chi connectivity index (χ1n) is 6.95. The van der Waals surface area contributed by atoms with Gasteiger partial charge in [-0.15, -0.1) is 27.0 Å². The Hall–Kier alpha value is -1.74. The van der Waals surface area contributed by atoms with Crippen LogP contribution in [-0.4, -0.2) is 36.6 Å². The predicted molar refractivity (Wildman–Crippen MR) is 88.2 cm³/mol. The second kappa shape index (κ2) is 8.04. The molecule has 1 amide bonds. The minimum Gasteiger partial charge on any atom is -0.302 e. The molecule has 2 rings (SSSR count). The van der Waals surface area contributed by atoms with Crippen LogP contribution in [0.4, 0.5) is 5.13 Å². The van der Waals surface area contributed by atoms with Crippen LogP contribution >= 0.6 is 23.1 Å². The lowest BCUT2D eigenvalue weighted by molar-refractivity contribution is -0.113. The molecular formula is C13H18N6OS2. The molecule has 0 atom stereocenters. The number of nitrogens with one attached hydrogen (secondary N) is 1. The van der Waals surface area contributed by atoms with Crippen LogP contribution in [0.2, 0.25) is 0 Å². The topological polar surface area (TPSA) is 85.6 Å². The van der Waals surface area contributed by atoms with Gasteiger partial charge in [0.15, 0.2) is 5.16 Å². The van der Waals surface area contributed by atoms with E-state index in [9.17, 15) is 4.79 Å². The summed E-state index contributed by atoms with van der Waals surface area (Å²) in [5.74, 6) is 1.01. The van der Waals surface area contributed by atoms with Crippen LogP contribution in [0.1, 0.15) is 24.7 Å². The van der Waals surface area contributed by atoms with E-state index in [4.69, 9.17) is 0 Å². The molecule has 0 saturated heterocycles. The number of hydrogen-bond acceptors (Lipinski definition) is 7. The fourth-order valence-corrected chi connectivity index (χ4v) is 3.19. The number of carbonyl (C=O) groups excluding carboxylic acids is 1. The van der Waals surface area contributed by atoms with E-state index in [1.54, 1.807) is 6.08 Å². The van der Waals surface area contributed by atoms with Crippen molar-refractivity contribution in [1.82, 2.24) is 25.0 Å². The summed E-state index contributed by atoms with van der Waals surface area (Å²) in [6.07, 6.45) is 3.39. The third-order valence-corrected chi connectivity index (χ3v) is 4.72. The summed E-state index contributed by atoms with van der Waals surface area (Å²) in [5, 5.41) is 21.0. The van der Waals surface area contributed by atoms with E-state index in [1.165, 1.54) is 23.1 Å². The summed E-state index contributed by atoms with van der Waals surface area (Å²) < 4.78 is 1.96. The van der Waals surface area contributed by atoms with Crippen molar-refractivity contribution in [3.63, 3.8) is 0 Å². The second-order valence-corrected chi connectivity index (χ2v) is 6.35. The highest BCUT2D eigenvalue weighted by atomic mass is 32.2. The van der Waals surface area contributed by atoms with Gasteiger partial charge in [-0.3, -0.25) is 10.1 Å².